The van der Waals surface area contributed by atoms with Gasteiger partial charge in [0.05, 0.1) is 5.69 Å². The molecular formula is C17H23FN4O2. The summed E-state index contributed by atoms with van der Waals surface area (Å²) in [4.78, 5) is 26.4. The molecule has 0 spiro atoms. The maximum Gasteiger partial charge on any atom is 0.318 e. The summed E-state index contributed by atoms with van der Waals surface area (Å²) in [7, 11) is 0. The van der Waals surface area contributed by atoms with Gasteiger partial charge in [-0.2, -0.15) is 0 Å². The zero-order chi connectivity index (χ0) is 16.9. The first kappa shape index (κ1) is 16.5. The van der Waals surface area contributed by atoms with Gasteiger partial charge in [-0.3, -0.25) is 15.6 Å². The second kappa shape index (κ2) is 7.51. The minimum absolute atomic E-state index is 0.152. The zero-order valence-electron chi connectivity index (χ0n) is 13.6. The maximum absolute atomic E-state index is 12.9. The Morgan fingerprint density at radius 2 is 1.75 bits per heavy atom. The van der Waals surface area contributed by atoms with Gasteiger partial charge in [-0.1, -0.05) is 12.8 Å². The van der Waals surface area contributed by atoms with E-state index >= 15 is 0 Å². The number of carbonyl (C=O) groups is 2. The number of anilines is 1. The molecule has 1 aliphatic carbocycles. The average Bonchev–Trinajstić information content (AvgIpc) is 3.25. The number of hydrogen-bond donors (Lipinski definition) is 3. The Bertz CT molecular complexity index is 587. The molecule has 0 radical (unpaired) electrons. The van der Waals surface area contributed by atoms with Gasteiger partial charge in [0.25, 0.3) is 5.91 Å². The third-order valence-electron chi connectivity index (χ3n) is 4.67. The van der Waals surface area contributed by atoms with E-state index in [0.29, 0.717) is 18.7 Å². The molecule has 0 bridgehead atoms. The van der Waals surface area contributed by atoms with Crippen molar-refractivity contribution in [2.24, 2.45) is 0 Å². The van der Waals surface area contributed by atoms with Crippen molar-refractivity contribution in [1.29, 1.82) is 0 Å². The topological polar surface area (TPSA) is 73.5 Å². The highest BCUT2D eigenvalue weighted by Gasteiger charge is 2.35. The molecule has 0 aromatic heterocycles. The van der Waals surface area contributed by atoms with E-state index in [0.717, 1.165) is 32.1 Å². The van der Waals surface area contributed by atoms with E-state index in [1.807, 2.05) is 0 Å². The number of halogens is 1. The monoisotopic (exact) mass is 334 g/mol. The molecule has 130 valence electrons. The molecule has 6 nitrogen and oxygen atoms in total. The quantitative estimate of drug-likeness (QED) is 0.740. The number of nitrogens with one attached hydrogen (secondary N) is 3. The highest BCUT2D eigenvalue weighted by molar-refractivity contribution is 5.88. The molecule has 7 heteroatoms. The van der Waals surface area contributed by atoms with Crippen LogP contribution in [0.3, 0.4) is 0 Å². The normalized spacial score (nSPS) is 20.9. The van der Waals surface area contributed by atoms with Crippen molar-refractivity contribution in [3.8, 4) is 0 Å². The minimum Gasteiger partial charge on any atom is -0.335 e. The molecule has 24 heavy (non-hydrogen) atoms. The van der Waals surface area contributed by atoms with Gasteiger partial charge < -0.3 is 10.2 Å². The first-order valence-corrected chi connectivity index (χ1v) is 8.52. The molecule has 1 atom stereocenters. The van der Waals surface area contributed by atoms with Crippen LogP contribution in [-0.4, -0.2) is 35.5 Å². The summed E-state index contributed by atoms with van der Waals surface area (Å²) >= 11 is 0. The molecule has 1 aromatic carbocycles. The predicted octanol–water partition coefficient (Wildman–Crippen LogP) is 2.39. The van der Waals surface area contributed by atoms with E-state index in [-0.39, 0.29) is 23.8 Å². The number of hydrazine groups is 1. The van der Waals surface area contributed by atoms with Crippen LogP contribution in [0, 0.1) is 5.82 Å². The van der Waals surface area contributed by atoms with Gasteiger partial charge in [0.1, 0.15) is 11.9 Å². The summed E-state index contributed by atoms with van der Waals surface area (Å²) in [6.07, 6.45) is 5.79. The summed E-state index contributed by atoms with van der Waals surface area (Å²) in [6, 6.07) is 5.31. The van der Waals surface area contributed by atoms with Crippen molar-refractivity contribution in [1.82, 2.24) is 15.6 Å². The Hall–Kier alpha value is -2.31. The van der Waals surface area contributed by atoms with Crippen molar-refractivity contribution >= 4 is 17.6 Å². The largest absolute Gasteiger partial charge is 0.335 e. The molecule has 3 rings (SSSR count). The van der Waals surface area contributed by atoms with E-state index in [4.69, 9.17) is 0 Å². The van der Waals surface area contributed by atoms with Crippen molar-refractivity contribution in [2.45, 2.75) is 50.6 Å². The van der Waals surface area contributed by atoms with Crippen LogP contribution in [0.25, 0.3) is 0 Å². The second-order valence-electron chi connectivity index (χ2n) is 6.40. The molecular weight excluding hydrogens is 311 g/mol. The Balaban J connectivity index is 1.52. The van der Waals surface area contributed by atoms with Crippen molar-refractivity contribution in [3.05, 3.63) is 30.1 Å². The minimum atomic E-state index is -0.473. The Labute approximate surface area is 140 Å². The van der Waals surface area contributed by atoms with Crippen LogP contribution in [-0.2, 0) is 4.79 Å². The highest BCUT2D eigenvalue weighted by Crippen LogP contribution is 2.21. The fourth-order valence-corrected chi connectivity index (χ4v) is 3.36. The van der Waals surface area contributed by atoms with Gasteiger partial charge in [0.15, 0.2) is 0 Å². The number of carbonyl (C=O) groups excluding carboxylic acids is 2. The lowest BCUT2D eigenvalue weighted by Crippen LogP contribution is -2.52. The van der Waals surface area contributed by atoms with E-state index in [9.17, 15) is 14.0 Å². The Kier molecular flexibility index (Phi) is 5.17. The Morgan fingerprint density at radius 3 is 2.46 bits per heavy atom. The number of amides is 3. The van der Waals surface area contributed by atoms with Crippen LogP contribution in [0.4, 0.5) is 14.9 Å². The molecule has 2 fully saturated rings. The van der Waals surface area contributed by atoms with Crippen molar-refractivity contribution < 1.29 is 14.0 Å². The van der Waals surface area contributed by atoms with Crippen LogP contribution >= 0.6 is 0 Å². The third-order valence-corrected chi connectivity index (χ3v) is 4.67. The van der Waals surface area contributed by atoms with Crippen LogP contribution < -0.4 is 16.2 Å². The van der Waals surface area contributed by atoms with Gasteiger partial charge in [-0.15, -0.1) is 0 Å². The molecule has 3 amide bonds. The van der Waals surface area contributed by atoms with E-state index in [2.05, 4.69) is 16.2 Å². The predicted molar refractivity (Wildman–Crippen MR) is 88.7 cm³/mol. The molecule has 1 heterocycles. The van der Waals surface area contributed by atoms with Crippen LogP contribution in [0.2, 0.25) is 0 Å². The fourth-order valence-electron chi connectivity index (χ4n) is 3.36. The highest BCUT2D eigenvalue weighted by atomic mass is 19.1. The lowest BCUT2D eigenvalue weighted by molar-refractivity contribution is -0.124. The lowest BCUT2D eigenvalue weighted by atomic mass is 10.2. The van der Waals surface area contributed by atoms with E-state index in [1.54, 1.807) is 4.90 Å². The standard InChI is InChI=1S/C17H23FN4O2/c18-12-7-9-14(10-8-12)20-21-16(23)15-6-3-11-22(15)17(24)19-13-4-1-2-5-13/h7-10,13,15,20H,1-6,11H2,(H,19,24)(H,21,23). The summed E-state index contributed by atoms with van der Waals surface area (Å²) in [6.45, 7) is 0.590. The van der Waals surface area contributed by atoms with Gasteiger partial charge >= 0.3 is 6.03 Å². The summed E-state index contributed by atoms with van der Waals surface area (Å²) < 4.78 is 12.9. The van der Waals surface area contributed by atoms with E-state index in [1.165, 1.54) is 24.3 Å². The van der Waals surface area contributed by atoms with Crippen molar-refractivity contribution in [3.63, 3.8) is 0 Å². The fraction of sp³-hybridized carbons (Fsp3) is 0.529. The Morgan fingerprint density at radius 1 is 1.04 bits per heavy atom. The summed E-state index contributed by atoms with van der Waals surface area (Å²) in [5.74, 6) is -0.587. The first-order chi connectivity index (χ1) is 11.6. The van der Waals surface area contributed by atoms with Gasteiger partial charge in [-0.05, 0) is 49.9 Å². The van der Waals surface area contributed by atoms with Gasteiger partial charge in [0, 0.05) is 12.6 Å². The zero-order valence-corrected chi connectivity index (χ0v) is 13.6. The maximum atomic E-state index is 12.9. The number of benzene rings is 1. The van der Waals surface area contributed by atoms with E-state index < -0.39 is 6.04 Å². The molecule has 3 N–H and O–H groups in total. The number of hydrogen-bond acceptors (Lipinski definition) is 3. The molecule has 1 aromatic rings. The number of rotatable bonds is 4. The molecule has 1 saturated heterocycles. The summed E-state index contributed by atoms with van der Waals surface area (Å²) in [5.41, 5.74) is 5.95. The molecule has 1 saturated carbocycles. The second-order valence-corrected chi connectivity index (χ2v) is 6.40. The van der Waals surface area contributed by atoms with Gasteiger partial charge in [-0.25, -0.2) is 9.18 Å². The number of urea groups is 1. The van der Waals surface area contributed by atoms with Gasteiger partial charge in [0.2, 0.25) is 0 Å². The molecule has 1 aliphatic heterocycles. The average molecular weight is 334 g/mol. The van der Waals surface area contributed by atoms with Crippen LogP contribution in [0.1, 0.15) is 38.5 Å². The number of likely N-dealkylation sites (tertiary alicyclic amines) is 1. The molecule has 2 aliphatic rings. The smallest absolute Gasteiger partial charge is 0.318 e. The van der Waals surface area contributed by atoms with Crippen LogP contribution in [0.15, 0.2) is 24.3 Å². The third kappa shape index (κ3) is 3.96. The van der Waals surface area contributed by atoms with Crippen LogP contribution in [0.5, 0.6) is 0 Å². The summed E-state index contributed by atoms with van der Waals surface area (Å²) in [5, 5.41) is 3.03. The molecule has 1 unspecified atom stereocenters. The SMILES string of the molecule is O=C(NNc1ccc(F)cc1)C1CCCN1C(=O)NC1CCCC1. The van der Waals surface area contributed by atoms with Crippen molar-refractivity contribution in [2.75, 3.05) is 12.0 Å². The lowest BCUT2D eigenvalue weighted by Gasteiger charge is -2.26. The first-order valence-electron chi connectivity index (χ1n) is 8.52. The number of nitrogens with zero attached hydrogens (tertiary/aromatic N) is 1.